The third-order valence-corrected chi connectivity index (χ3v) is 5.40. The topological polar surface area (TPSA) is 44.8 Å². The van der Waals surface area contributed by atoms with Crippen molar-refractivity contribution in [2.45, 2.75) is 26.8 Å². The van der Waals surface area contributed by atoms with E-state index in [1.807, 2.05) is 4.90 Å². The second-order valence-corrected chi connectivity index (χ2v) is 8.26. The molecular formula is C17H29N3O2S. The molecular weight excluding hydrogens is 310 g/mol. The Kier molecular flexibility index (Phi) is 6.44. The van der Waals surface area contributed by atoms with Gasteiger partial charge in [-0.15, -0.1) is 11.3 Å². The molecule has 2 rings (SSSR count). The van der Waals surface area contributed by atoms with Crippen LogP contribution in [0.4, 0.5) is 4.79 Å². The lowest BCUT2D eigenvalue weighted by Crippen LogP contribution is -2.45. The highest BCUT2D eigenvalue weighted by Crippen LogP contribution is 2.28. The predicted molar refractivity (Wildman–Crippen MR) is 95.0 cm³/mol. The Bertz CT molecular complexity index is 520. The second kappa shape index (κ2) is 8.13. The van der Waals surface area contributed by atoms with Crippen LogP contribution in [0.15, 0.2) is 12.1 Å². The number of thiophene rings is 1. The first-order chi connectivity index (χ1) is 10.9. The lowest BCUT2D eigenvalue weighted by Gasteiger charge is -2.27. The number of ether oxygens (including phenoxy) is 1. The lowest BCUT2D eigenvalue weighted by atomic mass is 9.90. The van der Waals surface area contributed by atoms with Gasteiger partial charge < -0.3 is 19.9 Å². The molecule has 1 atom stereocenters. The highest BCUT2D eigenvalue weighted by Gasteiger charge is 2.32. The third-order valence-electron chi connectivity index (χ3n) is 4.41. The third kappa shape index (κ3) is 5.48. The van der Waals surface area contributed by atoms with Crippen LogP contribution in [0.3, 0.4) is 0 Å². The molecule has 6 heteroatoms. The molecule has 0 bridgehead atoms. The predicted octanol–water partition coefficient (Wildman–Crippen LogP) is 2.56. The number of urea groups is 1. The van der Waals surface area contributed by atoms with Crippen LogP contribution in [0.5, 0.6) is 0 Å². The summed E-state index contributed by atoms with van der Waals surface area (Å²) in [6.45, 7) is 9.01. The molecule has 5 nitrogen and oxygen atoms in total. The maximum Gasteiger partial charge on any atom is 0.317 e. The van der Waals surface area contributed by atoms with Gasteiger partial charge in [-0.1, -0.05) is 6.92 Å². The van der Waals surface area contributed by atoms with E-state index in [0.29, 0.717) is 19.7 Å². The molecule has 2 heterocycles. The second-order valence-electron chi connectivity index (χ2n) is 6.88. The molecule has 1 unspecified atom stereocenters. The number of hydrogen-bond acceptors (Lipinski definition) is 4. The van der Waals surface area contributed by atoms with Gasteiger partial charge >= 0.3 is 6.03 Å². The van der Waals surface area contributed by atoms with Crippen molar-refractivity contribution >= 4 is 17.4 Å². The molecule has 1 aliphatic heterocycles. The maximum atomic E-state index is 12.6. The molecule has 0 aliphatic carbocycles. The highest BCUT2D eigenvalue weighted by molar-refractivity contribution is 7.11. The van der Waals surface area contributed by atoms with Gasteiger partial charge in [-0.2, -0.15) is 0 Å². The summed E-state index contributed by atoms with van der Waals surface area (Å²) in [6.07, 6.45) is 1.13. The number of rotatable bonds is 7. The first-order valence-corrected chi connectivity index (χ1v) is 8.99. The van der Waals surface area contributed by atoms with Crippen molar-refractivity contribution in [2.24, 2.45) is 5.41 Å². The van der Waals surface area contributed by atoms with Crippen molar-refractivity contribution in [1.29, 1.82) is 0 Å². The average Bonchev–Trinajstić information content (AvgIpc) is 3.07. The van der Waals surface area contributed by atoms with E-state index in [-0.39, 0.29) is 11.4 Å². The van der Waals surface area contributed by atoms with Crippen molar-refractivity contribution < 1.29 is 9.53 Å². The highest BCUT2D eigenvalue weighted by atomic mass is 32.1. The molecule has 0 saturated carbocycles. The van der Waals surface area contributed by atoms with Gasteiger partial charge in [0.25, 0.3) is 0 Å². The van der Waals surface area contributed by atoms with Gasteiger partial charge in [0.2, 0.25) is 0 Å². The number of aryl methyl sites for hydroxylation is 1. The number of carbonyl (C=O) groups is 1. The van der Waals surface area contributed by atoms with Crippen molar-refractivity contribution in [3.05, 3.63) is 21.9 Å². The number of nitrogens with zero attached hydrogens (tertiary/aromatic N) is 2. The first kappa shape index (κ1) is 18.2. The molecule has 0 aromatic carbocycles. The molecule has 1 aliphatic rings. The van der Waals surface area contributed by atoms with Crippen LogP contribution in [-0.4, -0.2) is 62.8 Å². The fourth-order valence-corrected chi connectivity index (χ4v) is 3.93. The maximum absolute atomic E-state index is 12.6. The van der Waals surface area contributed by atoms with Crippen molar-refractivity contribution in [2.75, 3.05) is 46.9 Å². The molecule has 2 amide bonds. The average molecular weight is 340 g/mol. The standard InChI is InChI=1S/C17H29N3O2S/c1-14-5-6-15(23-14)11-20(9-10-22-4)16(21)18-12-17(2)7-8-19(3)13-17/h5-6H,7-13H2,1-4H3,(H,18,21). The van der Waals surface area contributed by atoms with Crippen molar-refractivity contribution in [1.82, 2.24) is 15.1 Å². The van der Waals surface area contributed by atoms with E-state index in [1.54, 1.807) is 18.4 Å². The van der Waals surface area contributed by atoms with Crippen molar-refractivity contribution in [3.63, 3.8) is 0 Å². The Balaban J connectivity index is 1.90. The minimum absolute atomic E-state index is 0.00359. The minimum Gasteiger partial charge on any atom is -0.383 e. The van der Waals surface area contributed by atoms with Crippen LogP contribution in [0.25, 0.3) is 0 Å². The summed E-state index contributed by atoms with van der Waals surface area (Å²) in [5.74, 6) is 0. The fraction of sp³-hybridized carbons (Fsp3) is 0.706. The van der Waals surface area contributed by atoms with Crippen LogP contribution in [0.2, 0.25) is 0 Å². The van der Waals surface area contributed by atoms with Gasteiger partial charge in [-0.25, -0.2) is 4.79 Å². The zero-order chi connectivity index (χ0) is 16.9. The molecule has 1 N–H and O–H groups in total. The van der Waals surface area contributed by atoms with E-state index < -0.39 is 0 Å². The fourth-order valence-electron chi connectivity index (χ4n) is 3.03. The Morgan fingerprint density at radius 2 is 2.30 bits per heavy atom. The van der Waals surface area contributed by atoms with Crippen LogP contribution in [-0.2, 0) is 11.3 Å². The summed E-state index contributed by atoms with van der Waals surface area (Å²) in [6, 6.07) is 4.20. The van der Waals surface area contributed by atoms with Gasteiger partial charge in [0.05, 0.1) is 13.2 Å². The van der Waals surface area contributed by atoms with E-state index >= 15 is 0 Å². The summed E-state index contributed by atoms with van der Waals surface area (Å²) in [4.78, 5) is 19.2. The van der Waals surface area contributed by atoms with Gasteiger partial charge in [0.1, 0.15) is 0 Å². The minimum atomic E-state index is 0.00359. The first-order valence-electron chi connectivity index (χ1n) is 8.17. The van der Waals surface area contributed by atoms with Crippen molar-refractivity contribution in [3.8, 4) is 0 Å². The molecule has 0 radical (unpaired) electrons. The molecule has 1 fully saturated rings. The number of likely N-dealkylation sites (tertiary alicyclic amines) is 1. The van der Waals surface area contributed by atoms with Gasteiger partial charge in [0.15, 0.2) is 0 Å². The normalized spacial score (nSPS) is 21.6. The van der Waals surface area contributed by atoms with E-state index in [0.717, 1.165) is 26.1 Å². The number of methoxy groups -OCH3 is 1. The van der Waals surface area contributed by atoms with E-state index in [2.05, 4.69) is 43.2 Å². The Morgan fingerprint density at radius 1 is 1.52 bits per heavy atom. The van der Waals surface area contributed by atoms with E-state index in [9.17, 15) is 4.79 Å². The Labute approximate surface area is 143 Å². The van der Waals surface area contributed by atoms with E-state index in [4.69, 9.17) is 4.74 Å². The molecule has 1 aromatic heterocycles. The van der Waals surface area contributed by atoms with Crippen LogP contribution < -0.4 is 5.32 Å². The molecule has 1 saturated heterocycles. The lowest BCUT2D eigenvalue weighted by molar-refractivity contribution is 0.144. The smallest absolute Gasteiger partial charge is 0.317 e. The van der Waals surface area contributed by atoms with Gasteiger partial charge in [-0.3, -0.25) is 0 Å². The zero-order valence-electron chi connectivity index (χ0n) is 14.7. The van der Waals surface area contributed by atoms with Gasteiger partial charge in [-0.05, 0) is 44.5 Å². The largest absolute Gasteiger partial charge is 0.383 e. The summed E-state index contributed by atoms with van der Waals surface area (Å²) >= 11 is 1.74. The molecule has 1 aromatic rings. The zero-order valence-corrected chi connectivity index (χ0v) is 15.5. The van der Waals surface area contributed by atoms with Crippen LogP contribution in [0.1, 0.15) is 23.1 Å². The summed E-state index contributed by atoms with van der Waals surface area (Å²) in [5.41, 5.74) is 0.177. The Morgan fingerprint density at radius 3 is 2.87 bits per heavy atom. The quantitative estimate of drug-likeness (QED) is 0.830. The molecule has 23 heavy (non-hydrogen) atoms. The Hall–Kier alpha value is -1.11. The number of hydrogen-bond donors (Lipinski definition) is 1. The molecule has 130 valence electrons. The van der Waals surface area contributed by atoms with Crippen LogP contribution >= 0.6 is 11.3 Å². The SMILES string of the molecule is COCCN(Cc1ccc(C)s1)C(=O)NCC1(C)CCN(C)C1. The summed E-state index contributed by atoms with van der Waals surface area (Å²) < 4.78 is 5.15. The van der Waals surface area contributed by atoms with Gasteiger partial charge in [0, 0.05) is 36.5 Å². The van der Waals surface area contributed by atoms with Crippen LogP contribution in [0, 0.1) is 12.3 Å². The molecule has 0 spiro atoms. The summed E-state index contributed by atoms with van der Waals surface area (Å²) in [5, 5.41) is 3.13. The number of nitrogens with one attached hydrogen (secondary N) is 1. The number of carbonyl (C=O) groups excluding carboxylic acids is 1. The number of amides is 2. The summed E-state index contributed by atoms with van der Waals surface area (Å²) in [7, 11) is 3.80. The monoisotopic (exact) mass is 339 g/mol. The van der Waals surface area contributed by atoms with E-state index in [1.165, 1.54) is 9.75 Å².